The van der Waals surface area contributed by atoms with Gasteiger partial charge in [-0.05, 0) is 31.2 Å². The van der Waals surface area contributed by atoms with Crippen molar-refractivity contribution in [2.45, 2.75) is 6.92 Å². The van der Waals surface area contributed by atoms with E-state index in [1.54, 1.807) is 6.92 Å². The lowest BCUT2D eigenvalue weighted by molar-refractivity contribution is -0.123. The number of phenolic OH excluding ortho intramolecular Hbond substituents is 2. The number of phenols is 2. The number of carbonyl (C=O) groups excluding carboxylic acids is 2. The van der Waals surface area contributed by atoms with Gasteiger partial charge in [-0.15, -0.1) is 0 Å². The molecule has 3 heterocycles. The second-order valence-electron chi connectivity index (χ2n) is 5.40. The third-order valence-electron chi connectivity index (χ3n) is 3.21. The second kappa shape index (κ2) is 8.35. The molecule has 146 valence electrons. The molecule has 7 N–H and O–H groups in total. The highest BCUT2D eigenvalue weighted by molar-refractivity contribution is 6.15. The van der Waals surface area contributed by atoms with Gasteiger partial charge in [0.2, 0.25) is 0 Å². The molecule has 0 aliphatic carbocycles. The summed E-state index contributed by atoms with van der Waals surface area (Å²) >= 11 is 0. The first-order chi connectivity index (χ1) is 13.2. The lowest BCUT2D eigenvalue weighted by Gasteiger charge is -1.88. The summed E-state index contributed by atoms with van der Waals surface area (Å²) in [6.45, 7) is 1.60. The molecule has 4 rings (SSSR count). The van der Waals surface area contributed by atoms with Gasteiger partial charge in [0.1, 0.15) is 22.7 Å². The Morgan fingerprint density at radius 1 is 0.750 bits per heavy atom. The molecule has 1 aliphatic heterocycles. The molecule has 1 aromatic carbocycles. The van der Waals surface area contributed by atoms with Crippen molar-refractivity contribution >= 4 is 23.0 Å². The molecular weight excluding hydrogens is 374 g/mol. The molecule has 0 fully saturated rings. The Balaban J connectivity index is 0.000000156. The third kappa shape index (κ3) is 5.32. The Hall–Kier alpha value is -4.35. The van der Waals surface area contributed by atoms with Crippen LogP contribution in [0, 0.1) is 0 Å². The average Bonchev–Trinajstić information content (AvgIpc) is 3.12. The summed E-state index contributed by atoms with van der Waals surface area (Å²) in [5.41, 5.74) is -1.17. The Bertz CT molecular complexity index is 1190. The van der Waals surface area contributed by atoms with Crippen molar-refractivity contribution in [3.05, 3.63) is 67.2 Å². The number of carbonyl (C=O) groups is 2. The predicted octanol–water partition coefficient (Wildman–Crippen LogP) is -1.08. The standard InChI is InChI=1S/C6H6O2.C5H4N4O3.C5H5NO2/c7-5-1-2-6(8)4-3-5;10-3-1-2(7-4(11)6-1)8-5(12)9-3;1-3-2-4(7)6-5(3)8/h1-4,7-8H;(H4,6,7,8,9,10,11,12);2H,1H3,(H,6,7,8). The van der Waals surface area contributed by atoms with Gasteiger partial charge in [-0.3, -0.25) is 39.6 Å². The Labute approximate surface area is 154 Å². The molecule has 0 spiro atoms. The lowest BCUT2D eigenvalue weighted by atomic mass is 10.3. The summed E-state index contributed by atoms with van der Waals surface area (Å²) in [4.78, 5) is 61.6. The van der Waals surface area contributed by atoms with Crippen LogP contribution in [0.5, 0.6) is 11.5 Å². The lowest BCUT2D eigenvalue weighted by Crippen LogP contribution is -2.21. The van der Waals surface area contributed by atoms with Crippen LogP contribution in [0.15, 0.2) is 50.3 Å². The number of H-pyrrole nitrogens is 4. The van der Waals surface area contributed by atoms with E-state index < -0.39 is 16.9 Å². The van der Waals surface area contributed by atoms with Crippen LogP contribution in [-0.2, 0) is 9.59 Å². The smallest absolute Gasteiger partial charge is 0.327 e. The van der Waals surface area contributed by atoms with Gasteiger partial charge < -0.3 is 10.2 Å². The van der Waals surface area contributed by atoms with E-state index in [1.165, 1.54) is 30.3 Å². The summed E-state index contributed by atoms with van der Waals surface area (Å²) < 4.78 is 0. The molecule has 2 amide bonds. The van der Waals surface area contributed by atoms with E-state index in [4.69, 9.17) is 10.2 Å². The van der Waals surface area contributed by atoms with Crippen molar-refractivity contribution in [2.75, 3.05) is 0 Å². The molecule has 1 aliphatic rings. The summed E-state index contributed by atoms with van der Waals surface area (Å²) in [6, 6.07) is 5.70. The molecule has 12 heteroatoms. The van der Waals surface area contributed by atoms with E-state index in [0.29, 0.717) is 5.57 Å². The van der Waals surface area contributed by atoms with Crippen LogP contribution in [0.3, 0.4) is 0 Å². The van der Waals surface area contributed by atoms with Crippen LogP contribution in [0.4, 0.5) is 0 Å². The minimum Gasteiger partial charge on any atom is -0.508 e. The fraction of sp³-hybridized carbons (Fsp3) is 0.0625. The molecule has 0 radical (unpaired) electrons. The van der Waals surface area contributed by atoms with Crippen molar-refractivity contribution in [3.8, 4) is 11.5 Å². The van der Waals surface area contributed by atoms with Crippen LogP contribution in [-0.4, -0.2) is 42.0 Å². The fourth-order valence-corrected chi connectivity index (χ4v) is 1.92. The van der Waals surface area contributed by atoms with Crippen LogP contribution in [0.1, 0.15) is 6.92 Å². The maximum absolute atomic E-state index is 10.9. The number of hydrogen-bond donors (Lipinski definition) is 7. The number of imide groups is 1. The molecule has 0 saturated carbocycles. The molecule has 0 atom stereocenters. The van der Waals surface area contributed by atoms with E-state index in [9.17, 15) is 24.0 Å². The van der Waals surface area contributed by atoms with Gasteiger partial charge in [-0.2, -0.15) is 0 Å². The van der Waals surface area contributed by atoms with E-state index in [2.05, 4.69) is 20.3 Å². The van der Waals surface area contributed by atoms with Crippen molar-refractivity contribution in [1.82, 2.24) is 25.3 Å². The quantitative estimate of drug-likeness (QED) is 0.187. The Morgan fingerprint density at radius 3 is 1.64 bits per heavy atom. The van der Waals surface area contributed by atoms with Crippen LogP contribution in [0.2, 0.25) is 0 Å². The molecule has 3 aromatic rings. The van der Waals surface area contributed by atoms with Gasteiger partial charge in [-0.1, -0.05) is 0 Å². The fourth-order valence-electron chi connectivity index (χ4n) is 1.92. The Kier molecular flexibility index (Phi) is 5.96. The van der Waals surface area contributed by atoms with E-state index in [0.717, 1.165) is 0 Å². The SMILES string of the molecule is CC1=CC(=O)NC1=O.O=c1[nH]c(=O)c2[nH]c(=O)[nH]c2[nH]1.Oc1ccc(O)cc1. The number of imidazole rings is 1. The van der Waals surface area contributed by atoms with Gasteiger partial charge in [-0.25, -0.2) is 9.59 Å². The highest BCUT2D eigenvalue weighted by Crippen LogP contribution is 2.13. The molecule has 28 heavy (non-hydrogen) atoms. The van der Waals surface area contributed by atoms with Gasteiger partial charge in [0.15, 0.2) is 0 Å². The third-order valence-corrected chi connectivity index (χ3v) is 3.21. The number of aromatic amines is 4. The van der Waals surface area contributed by atoms with Crippen molar-refractivity contribution in [3.63, 3.8) is 0 Å². The van der Waals surface area contributed by atoms with Gasteiger partial charge in [0.25, 0.3) is 17.4 Å². The zero-order valence-corrected chi connectivity index (χ0v) is 14.3. The van der Waals surface area contributed by atoms with Gasteiger partial charge in [0, 0.05) is 11.6 Å². The molecule has 0 unspecified atom stereocenters. The number of amides is 2. The number of rotatable bonds is 0. The number of aromatic hydroxyl groups is 2. The first-order valence-electron chi connectivity index (χ1n) is 7.62. The molecular formula is C16H15N5O7. The number of nitrogens with one attached hydrogen (secondary N) is 5. The Morgan fingerprint density at radius 2 is 1.25 bits per heavy atom. The summed E-state index contributed by atoms with van der Waals surface area (Å²) in [5.74, 6) is -0.256. The number of hydrogen-bond acceptors (Lipinski definition) is 7. The normalized spacial score (nSPS) is 12.4. The van der Waals surface area contributed by atoms with Crippen LogP contribution >= 0.6 is 0 Å². The van der Waals surface area contributed by atoms with Crippen LogP contribution < -0.4 is 22.3 Å². The maximum Gasteiger partial charge on any atom is 0.327 e. The maximum atomic E-state index is 10.9. The second-order valence-corrected chi connectivity index (χ2v) is 5.40. The summed E-state index contributed by atoms with van der Waals surface area (Å²) in [6.07, 6.45) is 1.28. The molecule has 0 bridgehead atoms. The van der Waals surface area contributed by atoms with Crippen molar-refractivity contribution < 1.29 is 19.8 Å². The topological polar surface area (TPSA) is 201 Å². The number of fused-ring (bicyclic) bond motifs is 1. The first-order valence-corrected chi connectivity index (χ1v) is 7.62. The minimum atomic E-state index is -0.650. The summed E-state index contributed by atoms with van der Waals surface area (Å²) in [5, 5.41) is 19.4. The number of benzene rings is 1. The average molecular weight is 389 g/mol. The molecule has 0 saturated heterocycles. The highest BCUT2D eigenvalue weighted by Gasteiger charge is 2.15. The van der Waals surface area contributed by atoms with Gasteiger partial charge >= 0.3 is 11.4 Å². The molecule has 12 nitrogen and oxygen atoms in total. The minimum absolute atomic E-state index is 0.0413. The van der Waals surface area contributed by atoms with E-state index in [-0.39, 0.29) is 34.5 Å². The van der Waals surface area contributed by atoms with E-state index >= 15 is 0 Å². The van der Waals surface area contributed by atoms with Crippen LogP contribution in [0.25, 0.3) is 11.2 Å². The monoisotopic (exact) mass is 389 g/mol. The highest BCUT2D eigenvalue weighted by atomic mass is 16.3. The zero-order valence-electron chi connectivity index (χ0n) is 14.3. The molecule has 2 aromatic heterocycles. The zero-order chi connectivity index (χ0) is 20.8. The largest absolute Gasteiger partial charge is 0.508 e. The predicted molar refractivity (Wildman–Crippen MR) is 96.8 cm³/mol. The first kappa shape index (κ1) is 20.0. The summed E-state index contributed by atoms with van der Waals surface area (Å²) in [7, 11) is 0. The van der Waals surface area contributed by atoms with Gasteiger partial charge in [0.05, 0.1) is 0 Å². The van der Waals surface area contributed by atoms with Crippen molar-refractivity contribution in [2.24, 2.45) is 0 Å². The van der Waals surface area contributed by atoms with E-state index in [1.807, 2.05) is 4.98 Å². The van der Waals surface area contributed by atoms with Crippen molar-refractivity contribution in [1.29, 1.82) is 0 Å². The number of aromatic nitrogens is 4.